The van der Waals surface area contributed by atoms with Crippen molar-refractivity contribution in [2.45, 2.75) is 20.4 Å². The summed E-state index contributed by atoms with van der Waals surface area (Å²) in [5.41, 5.74) is 3.84. The third kappa shape index (κ3) is 3.68. The van der Waals surface area contributed by atoms with Crippen molar-refractivity contribution in [1.82, 2.24) is 4.57 Å². The molecule has 0 bridgehead atoms. The number of carbonyl (C=O) groups excluding carboxylic acids is 1. The summed E-state index contributed by atoms with van der Waals surface area (Å²) >= 11 is 0. The van der Waals surface area contributed by atoms with E-state index in [9.17, 15) is 9.90 Å². The first-order valence-corrected chi connectivity index (χ1v) is 9.18. The monoisotopic (exact) mass is 354 g/mol. The van der Waals surface area contributed by atoms with Gasteiger partial charge < -0.3 is 19.5 Å². The summed E-state index contributed by atoms with van der Waals surface area (Å²) in [6.07, 6.45) is 1.86. The van der Waals surface area contributed by atoms with Crippen molar-refractivity contribution in [2.24, 2.45) is 0 Å². The quantitative estimate of drug-likeness (QED) is 0.612. The Morgan fingerprint density at radius 1 is 1.27 bits per heavy atom. The first-order valence-electron chi connectivity index (χ1n) is 9.18. The van der Waals surface area contributed by atoms with Crippen LogP contribution in [-0.4, -0.2) is 48.2 Å². The van der Waals surface area contributed by atoms with Gasteiger partial charge in [-0.25, -0.2) is 0 Å². The highest BCUT2D eigenvalue weighted by Gasteiger charge is 2.25. The smallest absolute Gasteiger partial charge is 0.218 e. The van der Waals surface area contributed by atoms with Crippen LogP contribution >= 0.6 is 0 Å². The number of para-hydroxylation sites is 2. The van der Waals surface area contributed by atoms with E-state index in [0.29, 0.717) is 12.3 Å². The summed E-state index contributed by atoms with van der Waals surface area (Å²) in [5.74, 6) is 0.529. The van der Waals surface area contributed by atoms with Gasteiger partial charge in [-0.2, -0.15) is 0 Å². The molecule has 2 N–H and O–H groups in total. The van der Waals surface area contributed by atoms with Crippen LogP contribution < -0.4 is 9.80 Å². The molecule has 138 valence electrons. The van der Waals surface area contributed by atoms with Crippen LogP contribution in [0.1, 0.15) is 21.7 Å². The molecule has 5 nitrogen and oxygen atoms in total. The Morgan fingerprint density at radius 2 is 1.96 bits per heavy atom. The highest BCUT2D eigenvalue weighted by atomic mass is 16.3. The number of benzene rings is 1. The second-order valence-corrected chi connectivity index (χ2v) is 7.01. The van der Waals surface area contributed by atoms with Crippen LogP contribution in [0.3, 0.4) is 0 Å². The first kappa shape index (κ1) is 18.3. The summed E-state index contributed by atoms with van der Waals surface area (Å²) < 4.78 is 2.13. The number of Topliss-reactive ketones (excluding diaryl/α,β-unsaturated/α-hetero) is 1. The summed E-state index contributed by atoms with van der Waals surface area (Å²) in [7, 11) is 0. The SMILES string of the molecule is C=CCn1c(C)cc(C(=O)C[NH+]2CCN(c3ccccc3O)CC2)c1C. The van der Waals surface area contributed by atoms with Gasteiger partial charge >= 0.3 is 0 Å². The zero-order valence-electron chi connectivity index (χ0n) is 15.7. The standard InChI is InChI=1S/C21H27N3O2/c1-4-9-24-16(2)14-18(17(24)3)21(26)15-22-10-12-23(13-11-22)19-7-5-6-8-20(19)25/h4-8,14,25H,1,9-13,15H2,2-3H3/p+1. The molecule has 0 saturated carbocycles. The Kier molecular flexibility index (Phi) is 5.47. The van der Waals surface area contributed by atoms with Crippen LogP contribution in [0.2, 0.25) is 0 Å². The molecular formula is C21H28N3O2+. The molecule has 0 spiro atoms. The topological polar surface area (TPSA) is 49.9 Å². The molecule has 0 unspecified atom stereocenters. The van der Waals surface area contributed by atoms with Gasteiger partial charge in [-0.3, -0.25) is 4.79 Å². The number of anilines is 1. The molecule has 0 aliphatic carbocycles. The number of allylic oxidation sites excluding steroid dienone is 1. The predicted molar refractivity (Wildman–Crippen MR) is 104 cm³/mol. The predicted octanol–water partition coefficient (Wildman–Crippen LogP) is 1.58. The third-order valence-corrected chi connectivity index (χ3v) is 5.29. The fourth-order valence-corrected chi connectivity index (χ4v) is 3.79. The Hall–Kier alpha value is -2.53. The molecule has 1 aliphatic rings. The number of nitrogens with zero attached hydrogens (tertiary/aromatic N) is 2. The minimum atomic E-state index is 0.208. The number of aromatic nitrogens is 1. The van der Waals surface area contributed by atoms with E-state index in [-0.39, 0.29) is 5.78 Å². The number of rotatable bonds is 6. The van der Waals surface area contributed by atoms with Gasteiger partial charge in [0.2, 0.25) is 5.78 Å². The summed E-state index contributed by atoms with van der Waals surface area (Å²) in [4.78, 5) is 16.3. The second-order valence-electron chi connectivity index (χ2n) is 7.01. The number of carbonyl (C=O) groups is 1. The van der Waals surface area contributed by atoms with Gasteiger partial charge in [-0.15, -0.1) is 6.58 Å². The van der Waals surface area contributed by atoms with Crippen molar-refractivity contribution in [3.63, 3.8) is 0 Å². The largest absolute Gasteiger partial charge is 0.506 e. The van der Waals surface area contributed by atoms with Gasteiger partial charge in [0, 0.05) is 23.5 Å². The van der Waals surface area contributed by atoms with Crippen LogP contribution in [0.15, 0.2) is 43.0 Å². The Balaban J connectivity index is 1.61. The van der Waals surface area contributed by atoms with E-state index in [1.165, 1.54) is 4.90 Å². The average Bonchev–Trinajstić information content (AvgIpc) is 2.92. The average molecular weight is 354 g/mol. The first-order chi connectivity index (χ1) is 12.5. The molecule has 0 radical (unpaired) electrons. The lowest BCUT2D eigenvalue weighted by atomic mass is 10.1. The second kappa shape index (κ2) is 7.79. The Labute approximate surface area is 155 Å². The zero-order chi connectivity index (χ0) is 18.7. The van der Waals surface area contributed by atoms with Crippen molar-refractivity contribution >= 4 is 11.5 Å². The van der Waals surface area contributed by atoms with Gasteiger partial charge in [0.15, 0.2) is 0 Å². The van der Waals surface area contributed by atoms with E-state index < -0.39 is 0 Å². The molecular weight excluding hydrogens is 326 g/mol. The van der Waals surface area contributed by atoms with E-state index in [0.717, 1.165) is 55.4 Å². The fraction of sp³-hybridized carbons (Fsp3) is 0.381. The number of quaternary nitrogens is 1. The normalized spacial score (nSPS) is 15.2. The summed E-state index contributed by atoms with van der Waals surface area (Å²) in [5, 5.41) is 10.0. The number of aromatic hydroxyl groups is 1. The molecule has 5 heteroatoms. The highest BCUT2D eigenvalue weighted by molar-refractivity contribution is 5.98. The third-order valence-electron chi connectivity index (χ3n) is 5.29. The molecule has 2 heterocycles. The highest BCUT2D eigenvalue weighted by Crippen LogP contribution is 2.26. The maximum absolute atomic E-state index is 12.8. The van der Waals surface area contributed by atoms with E-state index in [4.69, 9.17) is 0 Å². The molecule has 0 atom stereocenters. The number of phenolic OH excluding ortho intramolecular Hbond substituents is 1. The molecule has 1 saturated heterocycles. The summed E-state index contributed by atoms with van der Waals surface area (Å²) in [6.45, 7) is 12.6. The van der Waals surface area contributed by atoms with Crippen LogP contribution in [0, 0.1) is 13.8 Å². The van der Waals surface area contributed by atoms with Gasteiger partial charge in [-0.1, -0.05) is 18.2 Å². The fourth-order valence-electron chi connectivity index (χ4n) is 3.79. The van der Waals surface area contributed by atoms with Crippen LogP contribution in [0.5, 0.6) is 5.75 Å². The molecule has 1 aromatic carbocycles. The molecule has 1 aliphatic heterocycles. The number of hydrogen-bond acceptors (Lipinski definition) is 3. The molecule has 1 aromatic heterocycles. The number of aryl methyl sites for hydroxylation is 1. The number of piperazine rings is 1. The van der Waals surface area contributed by atoms with Gasteiger partial charge in [0.25, 0.3) is 0 Å². The van der Waals surface area contributed by atoms with E-state index in [1.807, 2.05) is 44.2 Å². The maximum atomic E-state index is 12.8. The lowest BCUT2D eigenvalue weighted by molar-refractivity contribution is -0.892. The lowest BCUT2D eigenvalue weighted by Crippen LogP contribution is -3.15. The molecule has 0 amide bonds. The van der Waals surface area contributed by atoms with Crippen LogP contribution in [-0.2, 0) is 6.54 Å². The van der Waals surface area contributed by atoms with Crippen molar-refractivity contribution in [3.8, 4) is 5.75 Å². The number of ketones is 1. The summed E-state index contributed by atoms with van der Waals surface area (Å²) in [6, 6.07) is 9.44. The molecule has 26 heavy (non-hydrogen) atoms. The minimum Gasteiger partial charge on any atom is -0.506 e. The van der Waals surface area contributed by atoms with Crippen molar-refractivity contribution in [2.75, 3.05) is 37.6 Å². The Bertz CT molecular complexity index is 802. The van der Waals surface area contributed by atoms with E-state index in [2.05, 4.69) is 16.0 Å². The molecule has 1 fully saturated rings. The van der Waals surface area contributed by atoms with Crippen LogP contribution in [0.25, 0.3) is 0 Å². The van der Waals surface area contributed by atoms with Crippen molar-refractivity contribution < 1.29 is 14.8 Å². The number of nitrogens with one attached hydrogen (secondary N) is 1. The molecule has 3 rings (SSSR count). The van der Waals surface area contributed by atoms with E-state index >= 15 is 0 Å². The van der Waals surface area contributed by atoms with E-state index in [1.54, 1.807) is 6.07 Å². The Morgan fingerprint density at radius 3 is 2.62 bits per heavy atom. The van der Waals surface area contributed by atoms with Crippen LogP contribution in [0.4, 0.5) is 5.69 Å². The van der Waals surface area contributed by atoms with Gasteiger partial charge in [0.1, 0.15) is 12.3 Å². The van der Waals surface area contributed by atoms with Crippen molar-refractivity contribution in [1.29, 1.82) is 0 Å². The maximum Gasteiger partial charge on any atom is 0.218 e. The number of hydrogen-bond donors (Lipinski definition) is 2. The number of phenols is 1. The van der Waals surface area contributed by atoms with Gasteiger partial charge in [0.05, 0.1) is 31.9 Å². The van der Waals surface area contributed by atoms with Gasteiger partial charge in [-0.05, 0) is 32.0 Å². The van der Waals surface area contributed by atoms with Crippen molar-refractivity contribution in [3.05, 3.63) is 59.9 Å². The zero-order valence-corrected chi connectivity index (χ0v) is 15.7. The lowest BCUT2D eigenvalue weighted by Gasteiger charge is -2.33. The minimum absolute atomic E-state index is 0.208. The molecule has 2 aromatic rings.